The number of anilines is 1. The van der Waals surface area contributed by atoms with Gasteiger partial charge < -0.3 is 14.8 Å². The number of ether oxygens (including phenoxy) is 2. The number of nitrogens with zero attached hydrogens (tertiary/aromatic N) is 3. The number of thiophene rings is 1. The minimum Gasteiger partial charge on any atom is -0.482 e. The second-order valence-electron chi connectivity index (χ2n) is 7.34. The summed E-state index contributed by atoms with van der Waals surface area (Å²) in [6.45, 7) is 9.92. The first-order valence-corrected chi connectivity index (χ1v) is 12.5. The molecule has 1 N–H and O–H groups in total. The Hall–Kier alpha value is -2.82. The molecule has 3 rings (SSSR count). The molecular weight excluding hydrogens is 496 g/mol. The molecule has 0 aliphatic carbocycles. The molecule has 0 fully saturated rings. The fourth-order valence-electron chi connectivity index (χ4n) is 3.16. The first kappa shape index (κ1) is 25.8. The predicted octanol–water partition coefficient (Wildman–Crippen LogP) is 5.45. The van der Waals surface area contributed by atoms with Crippen molar-refractivity contribution in [3.05, 3.63) is 63.8 Å². The van der Waals surface area contributed by atoms with Gasteiger partial charge in [-0.1, -0.05) is 29.4 Å². The van der Waals surface area contributed by atoms with Gasteiger partial charge in [-0.2, -0.15) is 0 Å². The van der Waals surface area contributed by atoms with Crippen LogP contribution in [0.15, 0.2) is 42.1 Å². The van der Waals surface area contributed by atoms with E-state index >= 15 is 0 Å². The highest BCUT2D eigenvalue weighted by molar-refractivity contribution is 7.99. The van der Waals surface area contributed by atoms with E-state index in [1.54, 1.807) is 18.2 Å². The maximum absolute atomic E-state index is 12.6. The molecule has 0 aliphatic rings. The van der Waals surface area contributed by atoms with Gasteiger partial charge in [0.15, 0.2) is 17.1 Å². The maximum Gasteiger partial charge on any atom is 0.340 e. The Bertz CT molecular complexity index is 1210. The smallest absolute Gasteiger partial charge is 0.340 e. The van der Waals surface area contributed by atoms with Crippen molar-refractivity contribution in [2.45, 2.75) is 38.6 Å². The van der Waals surface area contributed by atoms with Crippen molar-refractivity contribution in [2.24, 2.45) is 0 Å². The Labute approximate surface area is 211 Å². The molecular formula is C23H25ClN4O4S2. The molecule has 0 radical (unpaired) electrons. The van der Waals surface area contributed by atoms with Gasteiger partial charge in [-0.3, -0.25) is 9.36 Å². The van der Waals surface area contributed by atoms with E-state index in [4.69, 9.17) is 21.1 Å². The van der Waals surface area contributed by atoms with Crippen LogP contribution >= 0.6 is 34.7 Å². The lowest BCUT2D eigenvalue weighted by Crippen LogP contribution is -2.16. The first-order chi connectivity index (χ1) is 16.2. The number of aromatic nitrogens is 3. The van der Waals surface area contributed by atoms with Crippen molar-refractivity contribution in [3.63, 3.8) is 0 Å². The second-order valence-corrected chi connectivity index (χ2v) is 9.97. The van der Waals surface area contributed by atoms with Gasteiger partial charge in [-0.05, 0) is 50.6 Å². The Balaban J connectivity index is 1.70. The topological polar surface area (TPSA) is 95.3 Å². The Morgan fingerprint density at radius 3 is 2.76 bits per heavy atom. The molecule has 180 valence electrons. The van der Waals surface area contributed by atoms with Crippen LogP contribution in [0.3, 0.4) is 0 Å². The molecule has 8 nitrogen and oxygen atoms in total. The number of methoxy groups -OCH3 is 1. The quantitative estimate of drug-likeness (QED) is 0.215. The molecule has 0 aliphatic heterocycles. The third kappa shape index (κ3) is 6.19. The standard InChI is InChI=1S/C23H25ClN4O4S2/c1-6-9-28-20(15(4)32-18-8-7-16(24)10-13(18)2)26-27-23(28)33-12-19(29)25-21-17(22(30)31-5)11-14(3)34-21/h6-8,10-11,15H,1,9,12H2,2-5H3,(H,25,29). The van der Waals surface area contributed by atoms with Crippen molar-refractivity contribution in [2.75, 3.05) is 18.2 Å². The van der Waals surface area contributed by atoms with Crippen LogP contribution in [0, 0.1) is 13.8 Å². The number of esters is 1. The minimum atomic E-state index is -0.493. The van der Waals surface area contributed by atoms with Crippen molar-refractivity contribution in [1.29, 1.82) is 0 Å². The Kier molecular flexibility index (Phi) is 8.76. The van der Waals surface area contributed by atoms with E-state index in [1.807, 2.05) is 37.5 Å². The fraction of sp³-hybridized carbons (Fsp3) is 0.304. The summed E-state index contributed by atoms with van der Waals surface area (Å²) in [4.78, 5) is 25.4. The van der Waals surface area contributed by atoms with E-state index in [-0.39, 0.29) is 11.7 Å². The van der Waals surface area contributed by atoms with Crippen LogP contribution in [-0.4, -0.2) is 39.5 Å². The number of aryl methyl sites for hydroxylation is 2. The van der Waals surface area contributed by atoms with Gasteiger partial charge in [-0.25, -0.2) is 4.79 Å². The van der Waals surface area contributed by atoms with Gasteiger partial charge in [0, 0.05) is 16.4 Å². The number of hydrogen-bond donors (Lipinski definition) is 1. The fourth-order valence-corrected chi connectivity index (χ4v) is 5.06. The van der Waals surface area contributed by atoms with Gasteiger partial charge >= 0.3 is 5.97 Å². The van der Waals surface area contributed by atoms with Crippen LogP contribution in [0.4, 0.5) is 5.00 Å². The predicted molar refractivity (Wildman–Crippen MR) is 135 cm³/mol. The van der Waals surface area contributed by atoms with E-state index in [0.717, 1.165) is 10.4 Å². The van der Waals surface area contributed by atoms with Gasteiger partial charge in [0.1, 0.15) is 10.8 Å². The molecule has 1 amide bonds. The molecule has 11 heteroatoms. The highest BCUT2D eigenvalue weighted by atomic mass is 35.5. The maximum atomic E-state index is 12.6. The lowest BCUT2D eigenvalue weighted by atomic mass is 10.2. The molecule has 2 heterocycles. The van der Waals surface area contributed by atoms with Crippen LogP contribution in [0.2, 0.25) is 5.02 Å². The summed E-state index contributed by atoms with van der Waals surface area (Å²) in [5.74, 6) is 0.629. The van der Waals surface area contributed by atoms with Crippen molar-refractivity contribution < 1.29 is 19.1 Å². The number of carbonyl (C=O) groups excluding carboxylic acids is 2. The van der Waals surface area contributed by atoms with Gasteiger partial charge in [0.05, 0.1) is 18.4 Å². The summed E-state index contributed by atoms with van der Waals surface area (Å²) >= 11 is 8.59. The Morgan fingerprint density at radius 2 is 2.09 bits per heavy atom. The zero-order valence-corrected chi connectivity index (χ0v) is 21.6. The molecule has 2 aromatic heterocycles. The number of thioether (sulfide) groups is 1. The molecule has 0 spiro atoms. The summed E-state index contributed by atoms with van der Waals surface area (Å²) < 4.78 is 12.7. The number of carbonyl (C=O) groups is 2. The molecule has 3 aromatic rings. The van der Waals surface area contributed by atoms with Crippen LogP contribution in [0.1, 0.15) is 39.7 Å². The van der Waals surface area contributed by atoms with Crippen molar-refractivity contribution in [3.8, 4) is 5.75 Å². The van der Waals surface area contributed by atoms with Crippen molar-refractivity contribution >= 4 is 51.6 Å². The largest absolute Gasteiger partial charge is 0.482 e. The molecule has 1 aromatic carbocycles. The summed E-state index contributed by atoms with van der Waals surface area (Å²) in [5.41, 5.74) is 1.25. The van der Waals surface area contributed by atoms with Crippen molar-refractivity contribution in [1.82, 2.24) is 14.8 Å². The SMILES string of the molecule is C=CCn1c(SCC(=O)Nc2sc(C)cc2C(=O)OC)nnc1C(C)Oc1ccc(Cl)cc1C. The normalized spacial score (nSPS) is 11.7. The molecule has 0 saturated heterocycles. The highest BCUT2D eigenvalue weighted by Gasteiger charge is 2.21. The average Bonchev–Trinajstić information content (AvgIpc) is 3.36. The van der Waals surface area contributed by atoms with Crippen LogP contribution in [-0.2, 0) is 16.1 Å². The van der Waals surface area contributed by atoms with Gasteiger partial charge in [0.2, 0.25) is 5.91 Å². The zero-order chi connectivity index (χ0) is 24.8. The van der Waals surface area contributed by atoms with Crippen LogP contribution < -0.4 is 10.1 Å². The van der Waals surface area contributed by atoms with Crippen LogP contribution in [0.5, 0.6) is 5.75 Å². The summed E-state index contributed by atoms with van der Waals surface area (Å²) in [6, 6.07) is 7.11. The molecule has 34 heavy (non-hydrogen) atoms. The highest BCUT2D eigenvalue weighted by Crippen LogP contribution is 2.30. The molecule has 1 atom stereocenters. The molecule has 0 saturated carbocycles. The third-order valence-electron chi connectivity index (χ3n) is 4.71. The Morgan fingerprint density at radius 1 is 1.32 bits per heavy atom. The number of nitrogens with one attached hydrogen (secondary N) is 1. The molecule has 0 bridgehead atoms. The lowest BCUT2D eigenvalue weighted by Gasteiger charge is -2.17. The number of rotatable bonds is 10. The van der Waals surface area contributed by atoms with E-state index < -0.39 is 12.1 Å². The third-order valence-corrected chi connectivity index (χ3v) is 6.88. The van der Waals surface area contributed by atoms with E-state index in [0.29, 0.717) is 38.9 Å². The second kappa shape index (κ2) is 11.5. The lowest BCUT2D eigenvalue weighted by molar-refractivity contribution is -0.113. The average molecular weight is 521 g/mol. The first-order valence-electron chi connectivity index (χ1n) is 10.3. The monoisotopic (exact) mass is 520 g/mol. The van der Waals surface area contributed by atoms with E-state index in [2.05, 4.69) is 22.1 Å². The summed E-state index contributed by atoms with van der Waals surface area (Å²) in [6.07, 6.45) is 1.33. The summed E-state index contributed by atoms with van der Waals surface area (Å²) in [5, 5.41) is 13.0. The number of hydrogen-bond acceptors (Lipinski definition) is 8. The van der Waals surface area contributed by atoms with Crippen LogP contribution in [0.25, 0.3) is 0 Å². The minimum absolute atomic E-state index is 0.0817. The zero-order valence-electron chi connectivity index (χ0n) is 19.3. The molecule has 1 unspecified atom stereocenters. The van der Waals surface area contributed by atoms with Gasteiger partial charge in [0.25, 0.3) is 0 Å². The number of amides is 1. The number of allylic oxidation sites excluding steroid dienone is 1. The van der Waals surface area contributed by atoms with E-state index in [1.165, 1.54) is 30.2 Å². The number of halogens is 1. The van der Waals surface area contributed by atoms with Gasteiger partial charge in [-0.15, -0.1) is 28.1 Å². The summed E-state index contributed by atoms with van der Waals surface area (Å²) in [7, 11) is 1.31. The number of benzene rings is 1. The van der Waals surface area contributed by atoms with E-state index in [9.17, 15) is 9.59 Å².